The summed E-state index contributed by atoms with van der Waals surface area (Å²) < 4.78 is 0. The van der Waals surface area contributed by atoms with Crippen molar-refractivity contribution in [3.8, 4) is 0 Å². The molecule has 4 heteroatoms. The van der Waals surface area contributed by atoms with Crippen molar-refractivity contribution in [2.24, 2.45) is 0 Å². The molecule has 0 rings (SSSR count). The third kappa shape index (κ3) is 3.29. The number of hydrogen-bond acceptors (Lipinski definition) is 2. The minimum atomic E-state index is -0.898. The van der Waals surface area contributed by atoms with Crippen LogP contribution in [0.1, 0.15) is 0 Å². The molecule has 0 heterocycles. The van der Waals surface area contributed by atoms with Crippen LogP contribution < -0.4 is 0 Å². The van der Waals surface area contributed by atoms with Crippen LogP contribution in [0.3, 0.4) is 0 Å². The van der Waals surface area contributed by atoms with Gasteiger partial charge in [0.2, 0.25) is 0 Å². The van der Waals surface area contributed by atoms with Gasteiger partial charge in [-0.15, -0.1) is 11.6 Å². The number of rotatable bonds is 2. The molecule has 0 radical (unpaired) electrons. The highest BCUT2D eigenvalue weighted by Crippen LogP contribution is 2.01. The quantitative estimate of drug-likeness (QED) is 0.614. The molecule has 0 aliphatic heterocycles. The second-order valence-electron chi connectivity index (χ2n) is 1.09. The van der Waals surface area contributed by atoms with E-state index in [2.05, 4.69) is 15.9 Å². The van der Waals surface area contributed by atoms with E-state index in [4.69, 9.17) is 21.8 Å². The Bertz CT molecular complexity index is 50.2. The number of aliphatic hydroxyl groups excluding tert-OH is 2. The fourth-order valence-electron chi connectivity index (χ4n) is 0.0735. The van der Waals surface area contributed by atoms with Crippen LogP contribution in [0, 0.1) is 0 Å². The van der Waals surface area contributed by atoms with E-state index in [1.54, 1.807) is 0 Å². The molecular weight excluding hydrogens is 183 g/mol. The lowest BCUT2D eigenvalue weighted by Gasteiger charge is -2.05. The van der Waals surface area contributed by atoms with E-state index >= 15 is 0 Å². The maximum Gasteiger partial charge on any atom is 0.135 e. The summed E-state index contributed by atoms with van der Waals surface area (Å²) in [6.45, 7) is 0. The largest absolute Gasteiger partial charge is 0.388 e. The molecular formula is C3H6BrClO2. The van der Waals surface area contributed by atoms with Crippen molar-refractivity contribution in [2.75, 3.05) is 5.88 Å². The Labute approximate surface area is 55.2 Å². The SMILES string of the molecule is OC(Br)C(O)CCl. The lowest BCUT2D eigenvalue weighted by atomic mass is 10.4. The second kappa shape index (κ2) is 3.66. The van der Waals surface area contributed by atoms with Crippen molar-refractivity contribution in [2.45, 2.75) is 11.1 Å². The summed E-state index contributed by atoms with van der Waals surface area (Å²) in [7, 11) is 0. The van der Waals surface area contributed by atoms with E-state index < -0.39 is 11.1 Å². The summed E-state index contributed by atoms with van der Waals surface area (Å²) in [4.78, 5) is 0. The first-order chi connectivity index (χ1) is 3.18. The zero-order chi connectivity index (χ0) is 5.86. The first-order valence-electron chi connectivity index (χ1n) is 1.74. The molecule has 2 N–H and O–H groups in total. The molecule has 0 aliphatic rings. The maximum absolute atomic E-state index is 8.51. The molecule has 2 nitrogen and oxygen atoms in total. The van der Waals surface area contributed by atoms with Gasteiger partial charge in [-0.1, -0.05) is 15.9 Å². The first kappa shape index (κ1) is 7.69. The third-order valence-corrected chi connectivity index (χ3v) is 1.40. The standard InChI is InChI=1S/C3H6BrClO2/c4-3(7)2(6)1-5/h2-3,6-7H,1H2. The Hall–Kier alpha value is 0.690. The highest BCUT2D eigenvalue weighted by Gasteiger charge is 2.08. The summed E-state index contributed by atoms with van der Waals surface area (Å²) in [5.41, 5.74) is 0. The van der Waals surface area contributed by atoms with Gasteiger partial charge < -0.3 is 10.2 Å². The molecule has 0 saturated heterocycles. The predicted molar refractivity (Wildman–Crippen MR) is 31.7 cm³/mol. The molecule has 7 heavy (non-hydrogen) atoms. The molecule has 0 bridgehead atoms. The zero-order valence-electron chi connectivity index (χ0n) is 3.51. The van der Waals surface area contributed by atoms with Gasteiger partial charge in [0.25, 0.3) is 0 Å². The molecule has 0 amide bonds. The van der Waals surface area contributed by atoms with E-state index in [1.807, 2.05) is 0 Å². The average Bonchev–Trinajstić information content (AvgIpc) is 1.65. The highest BCUT2D eigenvalue weighted by atomic mass is 79.9. The minimum absolute atomic E-state index is 0.0480. The van der Waals surface area contributed by atoms with Crippen molar-refractivity contribution >= 4 is 27.5 Å². The topological polar surface area (TPSA) is 40.5 Å². The van der Waals surface area contributed by atoms with Gasteiger partial charge in [-0.05, 0) is 0 Å². The molecule has 0 saturated carbocycles. The first-order valence-corrected chi connectivity index (χ1v) is 3.19. The average molecular weight is 189 g/mol. The van der Waals surface area contributed by atoms with E-state index in [-0.39, 0.29) is 5.88 Å². The van der Waals surface area contributed by atoms with Gasteiger partial charge >= 0.3 is 0 Å². The maximum atomic E-state index is 8.51. The Balaban J connectivity index is 3.14. The van der Waals surface area contributed by atoms with Crippen LogP contribution in [-0.2, 0) is 0 Å². The Morgan fingerprint density at radius 2 is 2.00 bits per heavy atom. The van der Waals surface area contributed by atoms with Gasteiger partial charge in [-0.2, -0.15) is 0 Å². The molecule has 0 aromatic heterocycles. The van der Waals surface area contributed by atoms with Crippen molar-refractivity contribution in [1.29, 1.82) is 0 Å². The van der Waals surface area contributed by atoms with Crippen molar-refractivity contribution in [3.05, 3.63) is 0 Å². The normalized spacial score (nSPS) is 18.9. The van der Waals surface area contributed by atoms with Crippen molar-refractivity contribution in [1.82, 2.24) is 0 Å². The number of aliphatic hydroxyl groups is 2. The molecule has 2 atom stereocenters. The number of hydrogen-bond donors (Lipinski definition) is 2. The monoisotopic (exact) mass is 188 g/mol. The van der Waals surface area contributed by atoms with Crippen LogP contribution in [0.4, 0.5) is 0 Å². The molecule has 0 aromatic rings. The van der Waals surface area contributed by atoms with Crippen LogP contribution in [0.15, 0.2) is 0 Å². The van der Waals surface area contributed by atoms with E-state index in [0.29, 0.717) is 0 Å². The zero-order valence-corrected chi connectivity index (χ0v) is 5.85. The number of alkyl halides is 2. The summed E-state index contributed by atoms with van der Waals surface area (Å²) in [6, 6.07) is 0. The molecule has 0 aliphatic carbocycles. The Morgan fingerprint density at radius 1 is 1.57 bits per heavy atom. The van der Waals surface area contributed by atoms with Crippen LogP contribution >= 0.6 is 27.5 Å². The third-order valence-electron chi connectivity index (χ3n) is 0.476. The fourth-order valence-corrected chi connectivity index (χ4v) is 0.644. The lowest BCUT2D eigenvalue weighted by molar-refractivity contribution is 0.0940. The van der Waals surface area contributed by atoms with E-state index in [9.17, 15) is 0 Å². The van der Waals surface area contributed by atoms with Gasteiger partial charge in [0, 0.05) is 0 Å². The predicted octanol–water partition coefficient (Wildman–Crippen LogP) is 0.299. The fraction of sp³-hybridized carbons (Fsp3) is 1.00. The number of halogens is 2. The molecule has 2 unspecified atom stereocenters. The molecule has 0 spiro atoms. The Kier molecular flexibility index (Phi) is 4.02. The lowest BCUT2D eigenvalue weighted by Crippen LogP contribution is -2.20. The summed E-state index contributed by atoms with van der Waals surface area (Å²) >= 11 is 7.83. The van der Waals surface area contributed by atoms with Crippen LogP contribution in [0.25, 0.3) is 0 Å². The molecule has 0 fully saturated rings. The Morgan fingerprint density at radius 3 is 2.00 bits per heavy atom. The van der Waals surface area contributed by atoms with Gasteiger partial charge in [-0.25, -0.2) is 0 Å². The highest BCUT2D eigenvalue weighted by molar-refractivity contribution is 9.09. The second-order valence-corrected chi connectivity index (χ2v) is 2.34. The van der Waals surface area contributed by atoms with Gasteiger partial charge in [0.15, 0.2) is 0 Å². The molecule has 44 valence electrons. The smallest absolute Gasteiger partial charge is 0.135 e. The minimum Gasteiger partial charge on any atom is -0.388 e. The van der Waals surface area contributed by atoms with Gasteiger partial charge in [-0.3, -0.25) is 0 Å². The van der Waals surface area contributed by atoms with Crippen LogP contribution in [-0.4, -0.2) is 27.2 Å². The van der Waals surface area contributed by atoms with E-state index in [0.717, 1.165) is 0 Å². The van der Waals surface area contributed by atoms with Crippen LogP contribution in [0.2, 0.25) is 0 Å². The van der Waals surface area contributed by atoms with Gasteiger partial charge in [0.1, 0.15) is 11.1 Å². The van der Waals surface area contributed by atoms with Crippen LogP contribution in [0.5, 0.6) is 0 Å². The summed E-state index contributed by atoms with van der Waals surface area (Å²) in [6.07, 6.45) is -0.860. The van der Waals surface area contributed by atoms with Crippen molar-refractivity contribution in [3.63, 3.8) is 0 Å². The van der Waals surface area contributed by atoms with E-state index in [1.165, 1.54) is 0 Å². The molecule has 0 aromatic carbocycles. The van der Waals surface area contributed by atoms with Gasteiger partial charge in [0.05, 0.1) is 5.88 Å². The summed E-state index contributed by atoms with van der Waals surface area (Å²) in [5, 5.41) is 16.0. The van der Waals surface area contributed by atoms with Crippen molar-refractivity contribution < 1.29 is 10.2 Å². The summed E-state index contributed by atoms with van der Waals surface area (Å²) in [5.74, 6) is 0.0480.